The Kier molecular flexibility index (Phi) is 4.80. The van der Waals surface area contributed by atoms with Gasteiger partial charge in [0.2, 0.25) is 5.88 Å². The molecule has 0 bridgehead atoms. The average molecular weight is 409 g/mol. The first kappa shape index (κ1) is 18.8. The molecule has 5 aromatic rings. The van der Waals surface area contributed by atoms with Crippen molar-refractivity contribution >= 4 is 27.4 Å². The molecular formula is C25H19N3O3. The van der Waals surface area contributed by atoms with Crippen LogP contribution in [0, 0.1) is 10.1 Å². The zero-order valence-corrected chi connectivity index (χ0v) is 16.6. The number of ether oxygens (including phenoxy) is 1. The molecule has 1 heterocycles. The van der Waals surface area contributed by atoms with Crippen LogP contribution in [0.25, 0.3) is 21.7 Å². The van der Waals surface area contributed by atoms with E-state index in [-0.39, 0.29) is 5.69 Å². The highest BCUT2D eigenvalue weighted by molar-refractivity contribution is 5.87. The smallest absolute Gasteiger partial charge is 0.270 e. The van der Waals surface area contributed by atoms with Crippen molar-refractivity contribution in [1.29, 1.82) is 0 Å². The minimum atomic E-state index is -0.402. The van der Waals surface area contributed by atoms with Gasteiger partial charge in [-0.2, -0.15) is 0 Å². The summed E-state index contributed by atoms with van der Waals surface area (Å²) in [6.07, 6.45) is 0. The number of aromatic nitrogens is 2. The molecule has 0 aliphatic heterocycles. The molecule has 152 valence electrons. The van der Waals surface area contributed by atoms with E-state index in [1.165, 1.54) is 17.5 Å². The van der Waals surface area contributed by atoms with Gasteiger partial charge in [-0.1, -0.05) is 66.7 Å². The normalized spacial score (nSPS) is 11.1. The largest absolute Gasteiger partial charge is 0.471 e. The molecule has 0 saturated carbocycles. The Bertz CT molecular complexity index is 1390. The van der Waals surface area contributed by atoms with E-state index in [0.717, 1.165) is 22.0 Å². The van der Waals surface area contributed by atoms with Crippen molar-refractivity contribution in [3.63, 3.8) is 0 Å². The number of fused-ring (bicyclic) bond motifs is 2. The Morgan fingerprint density at radius 2 is 1.61 bits per heavy atom. The fraction of sp³-hybridized carbons (Fsp3) is 0.0800. The molecule has 0 aliphatic rings. The van der Waals surface area contributed by atoms with Gasteiger partial charge in [0, 0.05) is 12.1 Å². The van der Waals surface area contributed by atoms with E-state index in [9.17, 15) is 10.1 Å². The van der Waals surface area contributed by atoms with Gasteiger partial charge in [0.05, 0.1) is 22.4 Å². The molecule has 0 unspecified atom stereocenters. The quantitative estimate of drug-likeness (QED) is 0.265. The second-order valence-corrected chi connectivity index (χ2v) is 7.38. The lowest BCUT2D eigenvalue weighted by Crippen LogP contribution is -2.02. The molecule has 4 aromatic carbocycles. The number of nitro benzene ring substituents is 1. The molecule has 6 heteroatoms. The lowest BCUT2D eigenvalue weighted by atomic mass is 10.1. The Labute approximate surface area is 178 Å². The van der Waals surface area contributed by atoms with E-state index >= 15 is 0 Å². The number of non-ortho nitro benzene ring substituents is 1. The minimum Gasteiger partial charge on any atom is -0.471 e. The van der Waals surface area contributed by atoms with Crippen molar-refractivity contribution in [2.75, 3.05) is 0 Å². The second kappa shape index (κ2) is 7.91. The first-order valence-corrected chi connectivity index (χ1v) is 9.97. The van der Waals surface area contributed by atoms with E-state index in [0.29, 0.717) is 24.4 Å². The fourth-order valence-electron chi connectivity index (χ4n) is 3.72. The van der Waals surface area contributed by atoms with Crippen molar-refractivity contribution in [2.24, 2.45) is 0 Å². The van der Waals surface area contributed by atoms with Crippen LogP contribution in [-0.4, -0.2) is 14.7 Å². The van der Waals surface area contributed by atoms with Crippen molar-refractivity contribution in [2.45, 2.75) is 13.2 Å². The maximum absolute atomic E-state index is 11.3. The Hall–Kier alpha value is -4.19. The van der Waals surface area contributed by atoms with Gasteiger partial charge in [0.1, 0.15) is 6.61 Å². The third-order valence-electron chi connectivity index (χ3n) is 5.28. The number of nitro groups is 1. The number of nitrogens with zero attached hydrogens (tertiary/aromatic N) is 3. The number of benzene rings is 4. The Morgan fingerprint density at radius 3 is 2.42 bits per heavy atom. The van der Waals surface area contributed by atoms with Crippen molar-refractivity contribution in [3.05, 3.63) is 112 Å². The molecule has 0 fully saturated rings. The topological polar surface area (TPSA) is 70.2 Å². The molecular weight excluding hydrogens is 390 g/mol. The van der Waals surface area contributed by atoms with Crippen LogP contribution in [0.2, 0.25) is 0 Å². The number of hydrogen-bond donors (Lipinski definition) is 0. The monoisotopic (exact) mass is 409 g/mol. The van der Waals surface area contributed by atoms with E-state index in [4.69, 9.17) is 4.74 Å². The lowest BCUT2D eigenvalue weighted by molar-refractivity contribution is -0.384. The Morgan fingerprint density at radius 1 is 0.839 bits per heavy atom. The standard InChI is InChI=1S/C25H19N3O3/c29-28(30)22-12-13-24-23(15-22)25(26-27(24)16-18-6-2-1-3-7-18)31-17-19-10-11-20-8-4-5-9-21(20)14-19/h1-15H,16-17H2. The first-order chi connectivity index (χ1) is 15.2. The molecule has 0 spiro atoms. The highest BCUT2D eigenvalue weighted by atomic mass is 16.6. The van der Waals surface area contributed by atoms with E-state index in [2.05, 4.69) is 29.4 Å². The van der Waals surface area contributed by atoms with E-state index in [1.54, 1.807) is 6.07 Å². The van der Waals surface area contributed by atoms with Crippen LogP contribution in [0.4, 0.5) is 5.69 Å². The molecule has 0 saturated heterocycles. The summed E-state index contributed by atoms with van der Waals surface area (Å²) in [6, 6.07) is 29.0. The number of rotatable bonds is 6. The molecule has 0 atom stereocenters. The summed E-state index contributed by atoms with van der Waals surface area (Å²) in [7, 11) is 0. The van der Waals surface area contributed by atoms with Gasteiger partial charge in [-0.25, -0.2) is 0 Å². The van der Waals surface area contributed by atoms with Gasteiger partial charge >= 0.3 is 0 Å². The molecule has 5 rings (SSSR count). The molecule has 1 aromatic heterocycles. The van der Waals surface area contributed by atoms with Gasteiger partial charge in [-0.15, -0.1) is 5.10 Å². The lowest BCUT2D eigenvalue weighted by Gasteiger charge is -2.06. The van der Waals surface area contributed by atoms with Crippen LogP contribution >= 0.6 is 0 Å². The molecule has 0 amide bonds. The minimum absolute atomic E-state index is 0.0160. The molecule has 6 nitrogen and oxygen atoms in total. The predicted molar refractivity (Wildman–Crippen MR) is 120 cm³/mol. The first-order valence-electron chi connectivity index (χ1n) is 9.97. The highest BCUT2D eigenvalue weighted by Gasteiger charge is 2.16. The van der Waals surface area contributed by atoms with Crippen LogP contribution in [-0.2, 0) is 13.2 Å². The van der Waals surface area contributed by atoms with Gasteiger partial charge in [-0.3, -0.25) is 14.8 Å². The third-order valence-corrected chi connectivity index (χ3v) is 5.28. The summed E-state index contributed by atoms with van der Waals surface area (Å²) in [5, 5.41) is 18.9. The summed E-state index contributed by atoms with van der Waals surface area (Å²) in [4.78, 5) is 10.9. The average Bonchev–Trinajstić information content (AvgIpc) is 3.15. The van der Waals surface area contributed by atoms with Gasteiger partial charge in [-0.05, 0) is 34.0 Å². The molecule has 31 heavy (non-hydrogen) atoms. The third kappa shape index (κ3) is 3.83. The SMILES string of the molecule is O=[N+]([O-])c1ccc2c(c1)c(OCc1ccc3ccccc3c1)nn2Cc1ccccc1. The van der Waals surface area contributed by atoms with Crippen LogP contribution in [0.1, 0.15) is 11.1 Å². The fourth-order valence-corrected chi connectivity index (χ4v) is 3.72. The van der Waals surface area contributed by atoms with Crippen molar-refractivity contribution in [3.8, 4) is 5.88 Å². The van der Waals surface area contributed by atoms with E-state index in [1.807, 2.05) is 53.2 Å². The van der Waals surface area contributed by atoms with Crippen LogP contribution in [0.3, 0.4) is 0 Å². The van der Waals surface area contributed by atoms with E-state index < -0.39 is 4.92 Å². The maximum atomic E-state index is 11.3. The highest BCUT2D eigenvalue weighted by Crippen LogP contribution is 2.30. The van der Waals surface area contributed by atoms with Gasteiger partial charge in [0.25, 0.3) is 5.69 Å². The van der Waals surface area contributed by atoms with Crippen molar-refractivity contribution < 1.29 is 9.66 Å². The maximum Gasteiger partial charge on any atom is 0.270 e. The Balaban J connectivity index is 1.49. The summed E-state index contributed by atoms with van der Waals surface area (Å²) in [5.41, 5.74) is 2.91. The van der Waals surface area contributed by atoms with Crippen LogP contribution in [0.15, 0.2) is 91.0 Å². The van der Waals surface area contributed by atoms with Gasteiger partial charge in [0.15, 0.2) is 0 Å². The van der Waals surface area contributed by atoms with Crippen LogP contribution < -0.4 is 4.74 Å². The summed E-state index contributed by atoms with van der Waals surface area (Å²) in [6.45, 7) is 0.874. The van der Waals surface area contributed by atoms with Gasteiger partial charge < -0.3 is 4.74 Å². The van der Waals surface area contributed by atoms with Crippen molar-refractivity contribution in [1.82, 2.24) is 9.78 Å². The molecule has 0 radical (unpaired) electrons. The number of hydrogen-bond acceptors (Lipinski definition) is 4. The van der Waals surface area contributed by atoms with Crippen LogP contribution in [0.5, 0.6) is 5.88 Å². The summed E-state index contributed by atoms with van der Waals surface area (Å²) in [5.74, 6) is 0.391. The zero-order chi connectivity index (χ0) is 21.2. The predicted octanol–water partition coefficient (Wildman–Crippen LogP) is 5.73. The molecule has 0 N–H and O–H groups in total. The molecule has 0 aliphatic carbocycles. The summed E-state index contributed by atoms with van der Waals surface area (Å²) < 4.78 is 7.88. The summed E-state index contributed by atoms with van der Waals surface area (Å²) >= 11 is 0. The zero-order valence-electron chi connectivity index (χ0n) is 16.6. The second-order valence-electron chi connectivity index (χ2n) is 7.38.